The molecule has 0 saturated heterocycles. The van der Waals surface area contributed by atoms with Crippen LogP contribution in [0.25, 0.3) is 0 Å². The number of benzene rings is 3. The van der Waals surface area contributed by atoms with Crippen molar-refractivity contribution in [1.29, 1.82) is 0 Å². The number of nitrogens with zero attached hydrogens (tertiary/aromatic N) is 4. The second-order valence-corrected chi connectivity index (χ2v) is 22.0. The number of allylic oxidation sites excluding steroid dienone is 1. The first-order chi connectivity index (χ1) is 42.6. The molecule has 0 saturated carbocycles. The first-order valence-corrected chi connectivity index (χ1v) is 31.4. The number of carboxylic acid groups (broad SMARTS) is 1. The van der Waals surface area contributed by atoms with Crippen LogP contribution in [-0.4, -0.2) is 140 Å². The second kappa shape index (κ2) is 39.0. The summed E-state index contributed by atoms with van der Waals surface area (Å²) in [6, 6.07) is 9.65. The van der Waals surface area contributed by atoms with Gasteiger partial charge in [-0.3, -0.25) is 19.3 Å². The van der Waals surface area contributed by atoms with Crippen molar-refractivity contribution in [2.75, 3.05) is 85.6 Å². The van der Waals surface area contributed by atoms with Gasteiger partial charge in [0.2, 0.25) is 17.2 Å². The number of ether oxygens (including phenoxy) is 10. The number of unbranched alkanes of at least 4 members (excludes halogenated alkanes) is 2. The topological polar surface area (TPSA) is 275 Å². The number of aromatic nitrogens is 3. The largest absolute Gasteiger partial charge is 0.490 e. The van der Waals surface area contributed by atoms with Gasteiger partial charge in [-0.15, -0.1) is 10.6 Å². The first kappa shape index (κ1) is 70.7. The van der Waals surface area contributed by atoms with Gasteiger partial charge in [0.15, 0.2) is 34.5 Å². The summed E-state index contributed by atoms with van der Waals surface area (Å²) in [4.78, 5) is 51.5. The van der Waals surface area contributed by atoms with E-state index < -0.39 is 17.7 Å². The van der Waals surface area contributed by atoms with E-state index in [2.05, 4.69) is 37.2 Å². The summed E-state index contributed by atoms with van der Waals surface area (Å²) in [5.41, 5.74) is 8.26. The third-order valence-corrected chi connectivity index (χ3v) is 12.7. The monoisotopic (exact) mass is 1230 g/mol. The number of carbonyl (C=O) groups excluding carboxylic acids is 3. The molecule has 0 fully saturated rings. The van der Waals surface area contributed by atoms with Gasteiger partial charge >= 0.3 is 12.1 Å². The molecular weight excluding hydrogens is 1130 g/mol. The SMILES string of the molecule is CCCOc1cc(C(=O)NCCCN2C=C(CCCCOc3cc(C(=O)O)cc(OCCCCc4cn(CCCNC(=O)c5cc(OCCC)c(OCCC)c(OCCC)c5)nn4)c3OCCNC(=O)OC(C)(C)C)NN2)cc(OCCC)c1OCCC. The van der Waals surface area contributed by atoms with Crippen LogP contribution in [0.2, 0.25) is 0 Å². The van der Waals surface area contributed by atoms with E-state index in [1.807, 2.05) is 58.9 Å². The molecule has 24 nitrogen and oxygen atoms in total. The highest BCUT2D eigenvalue weighted by Crippen LogP contribution is 2.42. The molecule has 88 heavy (non-hydrogen) atoms. The Morgan fingerprint density at radius 2 is 0.920 bits per heavy atom. The fourth-order valence-corrected chi connectivity index (χ4v) is 8.56. The van der Waals surface area contributed by atoms with Crippen LogP contribution >= 0.6 is 0 Å². The predicted molar refractivity (Wildman–Crippen MR) is 333 cm³/mol. The van der Waals surface area contributed by atoms with E-state index in [1.54, 1.807) is 49.7 Å². The summed E-state index contributed by atoms with van der Waals surface area (Å²) in [6.45, 7) is 22.9. The lowest BCUT2D eigenvalue weighted by Gasteiger charge is -2.20. The maximum absolute atomic E-state index is 13.4. The summed E-state index contributed by atoms with van der Waals surface area (Å²) >= 11 is 0. The summed E-state index contributed by atoms with van der Waals surface area (Å²) < 4.78 is 61.7. The average molecular weight is 1230 g/mol. The lowest BCUT2D eigenvalue weighted by Crippen LogP contribution is -2.38. The van der Waals surface area contributed by atoms with Crippen LogP contribution in [-0.2, 0) is 17.7 Å². The second-order valence-electron chi connectivity index (χ2n) is 22.0. The van der Waals surface area contributed by atoms with Crippen LogP contribution in [0, 0.1) is 0 Å². The van der Waals surface area contributed by atoms with Gasteiger partial charge in [0.05, 0.1) is 70.7 Å². The molecule has 6 N–H and O–H groups in total. The molecule has 0 atom stereocenters. The molecule has 4 aromatic rings. The van der Waals surface area contributed by atoms with E-state index in [9.17, 15) is 24.3 Å². The average Bonchev–Trinajstić information content (AvgIpc) is 4.09. The van der Waals surface area contributed by atoms with Crippen LogP contribution in [0.5, 0.6) is 51.7 Å². The van der Waals surface area contributed by atoms with Crippen molar-refractivity contribution in [1.82, 2.24) is 46.9 Å². The summed E-state index contributed by atoms with van der Waals surface area (Å²) in [7, 11) is 0. The number of hydrogen-bond acceptors (Lipinski definition) is 19. The van der Waals surface area contributed by atoms with Crippen molar-refractivity contribution in [3.8, 4) is 51.7 Å². The van der Waals surface area contributed by atoms with E-state index in [-0.39, 0.29) is 61.0 Å². The lowest BCUT2D eigenvalue weighted by molar-refractivity contribution is 0.0518. The maximum atomic E-state index is 13.4. The third kappa shape index (κ3) is 25.0. The fraction of sp³-hybridized carbons (Fsp3) is 0.594. The molecule has 3 amide bonds. The Bertz CT molecular complexity index is 2750. The molecule has 0 unspecified atom stereocenters. The van der Waals surface area contributed by atoms with Crippen molar-refractivity contribution in [3.63, 3.8) is 0 Å². The van der Waals surface area contributed by atoms with Gasteiger partial charge in [0.1, 0.15) is 12.2 Å². The molecule has 0 aliphatic carbocycles. The van der Waals surface area contributed by atoms with Gasteiger partial charge in [0.25, 0.3) is 11.8 Å². The number of nitrogens with one attached hydrogen (secondary N) is 5. The van der Waals surface area contributed by atoms with Crippen molar-refractivity contribution >= 4 is 23.9 Å². The van der Waals surface area contributed by atoms with Crippen LogP contribution in [0.15, 0.2) is 54.5 Å². The minimum atomic E-state index is -1.17. The predicted octanol–water partition coefficient (Wildman–Crippen LogP) is 10.4. The quantitative estimate of drug-likeness (QED) is 0.0225. The van der Waals surface area contributed by atoms with E-state index in [0.717, 1.165) is 56.3 Å². The Hall–Kier alpha value is -8.02. The molecule has 488 valence electrons. The number of carboxylic acids is 1. The Labute approximate surface area is 519 Å². The fourth-order valence-electron chi connectivity index (χ4n) is 8.56. The van der Waals surface area contributed by atoms with Crippen LogP contribution in [0.4, 0.5) is 4.79 Å². The van der Waals surface area contributed by atoms with Crippen molar-refractivity contribution in [2.45, 2.75) is 164 Å². The van der Waals surface area contributed by atoms with Gasteiger partial charge in [-0.2, -0.15) is 0 Å². The normalized spacial score (nSPS) is 11.9. The molecule has 0 spiro atoms. The summed E-state index contributed by atoms with van der Waals surface area (Å²) in [5, 5.41) is 29.4. The first-order valence-electron chi connectivity index (χ1n) is 31.4. The lowest BCUT2D eigenvalue weighted by atomic mass is 10.1. The van der Waals surface area contributed by atoms with E-state index in [4.69, 9.17) is 47.4 Å². The highest BCUT2D eigenvalue weighted by Gasteiger charge is 2.23. The van der Waals surface area contributed by atoms with Gasteiger partial charge < -0.3 is 73.9 Å². The number of hydrazine groups is 2. The third-order valence-electron chi connectivity index (χ3n) is 12.7. The van der Waals surface area contributed by atoms with E-state index in [0.29, 0.717) is 156 Å². The minimum Gasteiger partial charge on any atom is -0.490 e. The Kier molecular flexibility index (Phi) is 31.3. The standard InChI is InChI=1S/C64H97N9O15/c1-10-29-79-51-38-46(39-52(80-30-11-2)57(51)85-33-14-5)60(74)65-24-20-27-72-44-49(68-70-72)22-16-18-35-83-55-42-48(62(76)77)43-56(59(55)87-37-26-67-63(78)88-64(7,8)9)84-36-19-17-23-50-45-73(71-69-50)28-21-25-66-61(75)47-40-53(81-31-12-3)58(86-34-15-6)54(41-47)82-32-13-4/h38-45,68,70H,10-37H2,1-9H3,(H,65,74)(H,66,75)(H,67,78)(H,76,77). The zero-order valence-corrected chi connectivity index (χ0v) is 53.4. The number of rotatable bonds is 45. The molecule has 1 aliphatic heterocycles. The molecule has 3 aromatic carbocycles. The van der Waals surface area contributed by atoms with E-state index >= 15 is 0 Å². The van der Waals surface area contributed by atoms with Crippen LogP contribution < -0.4 is 69.5 Å². The number of alkyl carbamates (subject to hydrolysis) is 1. The van der Waals surface area contributed by atoms with Gasteiger partial charge in [0, 0.05) is 55.4 Å². The Balaban J connectivity index is 1.10. The summed E-state index contributed by atoms with van der Waals surface area (Å²) in [6.07, 6.45) is 13.3. The van der Waals surface area contributed by atoms with Gasteiger partial charge in [-0.25, -0.2) is 9.59 Å². The van der Waals surface area contributed by atoms with Gasteiger partial charge in [-0.05, 0) is 147 Å². The molecule has 24 heteroatoms. The molecule has 0 bridgehead atoms. The van der Waals surface area contributed by atoms with Crippen molar-refractivity contribution < 1.29 is 71.7 Å². The van der Waals surface area contributed by atoms with Crippen molar-refractivity contribution in [3.05, 3.63) is 76.9 Å². The minimum absolute atomic E-state index is 0.0112. The molecule has 1 aromatic heterocycles. The number of carbonyl (C=O) groups is 4. The van der Waals surface area contributed by atoms with Crippen LogP contribution in [0.3, 0.4) is 0 Å². The molecular formula is C64H97N9O15. The molecule has 1 aliphatic rings. The Morgan fingerprint density at radius 1 is 0.500 bits per heavy atom. The van der Waals surface area contributed by atoms with Crippen LogP contribution in [0.1, 0.15) is 183 Å². The van der Waals surface area contributed by atoms with E-state index in [1.165, 1.54) is 12.1 Å². The Morgan fingerprint density at radius 3 is 1.38 bits per heavy atom. The molecule has 5 rings (SSSR count). The molecule has 0 radical (unpaired) electrons. The summed E-state index contributed by atoms with van der Waals surface area (Å²) in [5.74, 6) is 1.92. The zero-order valence-electron chi connectivity index (χ0n) is 53.4. The number of aromatic carboxylic acids is 1. The number of aryl methyl sites for hydroxylation is 2. The highest BCUT2D eigenvalue weighted by atomic mass is 16.6. The smallest absolute Gasteiger partial charge is 0.407 e. The number of amides is 3. The zero-order chi connectivity index (χ0) is 63.5. The molecule has 2 heterocycles. The maximum Gasteiger partial charge on any atom is 0.407 e. The number of hydrogen-bond donors (Lipinski definition) is 6. The van der Waals surface area contributed by atoms with Crippen molar-refractivity contribution in [2.24, 2.45) is 0 Å². The van der Waals surface area contributed by atoms with Gasteiger partial charge in [-0.1, -0.05) is 46.8 Å². The highest BCUT2D eigenvalue weighted by molar-refractivity contribution is 5.96.